The van der Waals surface area contributed by atoms with Crippen LogP contribution in [0, 0.1) is 0 Å². The first-order valence-corrected chi connectivity index (χ1v) is 5.27. The Kier molecular flexibility index (Phi) is 4.84. The fourth-order valence-corrected chi connectivity index (χ4v) is 1.64. The predicted molar refractivity (Wildman–Crippen MR) is 63.3 cm³/mol. The van der Waals surface area contributed by atoms with Gasteiger partial charge in [0.2, 0.25) is 0 Å². The van der Waals surface area contributed by atoms with Crippen LogP contribution >= 0.6 is 0 Å². The van der Waals surface area contributed by atoms with Gasteiger partial charge in [0.1, 0.15) is 11.5 Å². The number of ether oxygens (including phenoxy) is 2. The lowest BCUT2D eigenvalue weighted by Gasteiger charge is -2.11. The van der Waals surface area contributed by atoms with Crippen molar-refractivity contribution in [2.75, 3.05) is 14.2 Å². The number of rotatable bonds is 6. The van der Waals surface area contributed by atoms with Crippen molar-refractivity contribution in [1.82, 2.24) is 0 Å². The van der Waals surface area contributed by atoms with Crippen LogP contribution in [0.1, 0.15) is 29.3 Å². The highest BCUT2D eigenvalue weighted by atomic mass is 16.5. The van der Waals surface area contributed by atoms with Gasteiger partial charge < -0.3 is 9.47 Å². The van der Waals surface area contributed by atoms with Crippen LogP contribution in [0.2, 0.25) is 0 Å². The average Bonchev–Trinajstić information content (AvgIpc) is 2.28. The third kappa shape index (κ3) is 3.39. The Hall–Kier alpha value is -1.68. The molecular weight excluding hydrogens is 220 g/mol. The molecule has 1 aromatic rings. The molecule has 0 aliphatic rings. The maximum absolute atomic E-state index is 11.8. The summed E-state index contributed by atoms with van der Waals surface area (Å²) in [5, 5.41) is 0. The Bertz CT molecular complexity index is 423. The number of carbonyl (C=O) groups is 2. The number of ketones is 2. The molecule has 0 fully saturated rings. The number of benzene rings is 1. The van der Waals surface area contributed by atoms with Crippen LogP contribution in [-0.2, 0) is 16.1 Å². The van der Waals surface area contributed by atoms with Crippen molar-refractivity contribution in [3.05, 3.63) is 29.3 Å². The molecule has 0 bridgehead atoms. The fraction of sp³-hybridized carbons (Fsp3) is 0.385. The Labute approximate surface area is 101 Å². The van der Waals surface area contributed by atoms with E-state index in [1.165, 1.54) is 14.0 Å². The molecule has 0 aliphatic heterocycles. The van der Waals surface area contributed by atoms with Gasteiger partial charge >= 0.3 is 0 Å². The molecule has 4 heteroatoms. The minimum atomic E-state index is -0.229. The summed E-state index contributed by atoms with van der Waals surface area (Å²) in [6.07, 6.45) is -0.104. The number of hydrogen-bond acceptors (Lipinski definition) is 4. The van der Waals surface area contributed by atoms with E-state index < -0.39 is 0 Å². The molecule has 4 nitrogen and oxygen atoms in total. The smallest absolute Gasteiger partial charge is 0.173 e. The molecule has 0 aromatic heterocycles. The van der Waals surface area contributed by atoms with Gasteiger partial charge in [-0.15, -0.1) is 0 Å². The molecule has 1 rings (SSSR count). The van der Waals surface area contributed by atoms with Crippen molar-refractivity contribution in [3.63, 3.8) is 0 Å². The number of methoxy groups -OCH3 is 2. The summed E-state index contributed by atoms with van der Waals surface area (Å²) in [5.41, 5.74) is 1.22. The van der Waals surface area contributed by atoms with Gasteiger partial charge in [-0.05, 0) is 13.0 Å². The van der Waals surface area contributed by atoms with Crippen molar-refractivity contribution in [1.29, 1.82) is 0 Å². The van der Waals surface area contributed by atoms with Crippen LogP contribution in [-0.4, -0.2) is 25.8 Å². The summed E-state index contributed by atoms with van der Waals surface area (Å²) in [4.78, 5) is 22.8. The third-order valence-electron chi connectivity index (χ3n) is 2.31. The lowest BCUT2D eigenvalue weighted by molar-refractivity contribution is -0.116. The Morgan fingerprint density at radius 2 is 1.94 bits per heavy atom. The third-order valence-corrected chi connectivity index (χ3v) is 2.31. The van der Waals surface area contributed by atoms with Gasteiger partial charge in [-0.25, -0.2) is 0 Å². The second-order valence-corrected chi connectivity index (χ2v) is 3.73. The summed E-state index contributed by atoms with van der Waals surface area (Å²) in [5.74, 6) is 0.0992. The van der Waals surface area contributed by atoms with Crippen molar-refractivity contribution in [2.24, 2.45) is 0 Å². The Balaban J connectivity index is 3.10. The number of Topliss-reactive ketones (excluding diaryl/α,β-unsaturated/α-hetero) is 2. The maximum Gasteiger partial charge on any atom is 0.173 e. The zero-order valence-electron chi connectivity index (χ0n) is 10.3. The molecule has 0 unspecified atom stereocenters. The van der Waals surface area contributed by atoms with E-state index in [1.54, 1.807) is 19.2 Å². The van der Waals surface area contributed by atoms with Crippen molar-refractivity contribution < 1.29 is 19.1 Å². The van der Waals surface area contributed by atoms with E-state index in [1.807, 2.05) is 6.07 Å². The maximum atomic E-state index is 11.8. The van der Waals surface area contributed by atoms with Gasteiger partial charge in [0.05, 0.1) is 25.7 Å². The lowest BCUT2D eigenvalue weighted by atomic mass is 10.0. The van der Waals surface area contributed by atoms with Crippen LogP contribution in [0.15, 0.2) is 18.2 Å². The van der Waals surface area contributed by atoms with Gasteiger partial charge in [0.15, 0.2) is 5.78 Å². The average molecular weight is 236 g/mol. The standard InChI is InChI=1S/C13H16O4/c1-9(14)7-12(15)11-6-4-5-10(8-16-2)13(11)17-3/h4-6H,7-8H2,1-3H3. The molecule has 0 saturated carbocycles. The quantitative estimate of drug-likeness (QED) is 0.560. The first-order valence-electron chi connectivity index (χ1n) is 5.27. The molecule has 0 heterocycles. The molecule has 0 aliphatic carbocycles. The molecule has 17 heavy (non-hydrogen) atoms. The number of para-hydroxylation sites is 1. The van der Waals surface area contributed by atoms with E-state index in [0.717, 1.165) is 5.56 Å². The minimum Gasteiger partial charge on any atom is -0.496 e. The Morgan fingerprint density at radius 3 is 2.47 bits per heavy atom. The van der Waals surface area contributed by atoms with Gasteiger partial charge in [-0.2, -0.15) is 0 Å². The molecule has 0 spiro atoms. The zero-order valence-corrected chi connectivity index (χ0v) is 10.3. The minimum absolute atomic E-state index is 0.104. The van der Waals surface area contributed by atoms with Crippen LogP contribution in [0.4, 0.5) is 0 Å². The van der Waals surface area contributed by atoms with Crippen molar-refractivity contribution in [3.8, 4) is 5.75 Å². The second-order valence-electron chi connectivity index (χ2n) is 3.73. The molecule has 0 atom stereocenters. The van der Waals surface area contributed by atoms with E-state index in [0.29, 0.717) is 17.9 Å². The number of hydrogen-bond donors (Lipinski definition) is 0. The Morgan fingerprint density at radius 1 is 1.24 bits per heavy atom. The topological polar surface area (TPSA) is 52.6 Å². The highest BCUT2D eigenvalue weighted by Gasteiger charge is 2.16. The van der Waals surface area contributed by atoms with Crippen LogP contribution in [0.5, 0.6) is 5.75 Å². The van der Waals surface area contributed by atoms with E-state index in [9.17, 15) is 9.59 Å². The predicted octanol–water partition coefficient (Wildman–Crippen LogP) is 2.00. The molecule has 0 saturated heterocycles. The fourth-order valence-electron chi connectivity index (χ4n) is 1.64. The molecule has 0 radical (unpaired) electrons. The summed E-state index contributed by atoms with van der Waals surface area (Å²) < 4.78 is 10.2. The van der Waals surface area contributed by atoms with Crippen LogP contribution < -0.4 is 4.74 Å². The first kappa shape index (κ1) is 13.4. The van der Waals surface area contributed by atoms with E-state index in [4.69, 9.17) is 9.47 Å². The van der Waals surface area contributed by atoms with Gasteiger partial charge in [-0.3, -0.25) is 9.59 Å². The summed E-state index contributed by atoms with van der Waals surface area (Å²) in [6.45, 7) is 1.76. The van der Waals surface area contributed by atoms with E-state index in [-0.39, 0.29) is 18.0 Å². The highest BCUT2D eigenvalue weighted by Crippen LogP contribution is 2.25. The van der Waals surface area contributed by atoms with Crippen molar-refractivity contribution >= 4 is 11.6 Å². The first-order chi connectivity index (χ1) is 8.10. The highest BCUT2D eigenvalue weighted by molar-refractivity contribution is 6.08. The van der Waals surface area contributed by atoms with Gasteiger partial charge in [0, 0.05) is 12.7 Å². The van der Waals surface area contributed by atoms with Gasteiger partial charge in [0.25, 0.3) is 0 Å². The normalized spacial score (nSPS) is 10.1. The van der Waals surface area contributed by atoms with Crippen molar-refractivity contribution in [2.45, 2.75) is 20.0 Å². The molecule has 92 valence electrons. The monoisotopic (exact) mass is 236 g/mol. The summed E-state index contributed by atoms with van der Waals surface area (Å²) in [7, 11) is 3.07. The largest absolute Gasteiger partial charge is 0.496 e. The van der Waals surface area contributed by atoms with Gasteiger partial charge in [-0.1, -0.05) is 12.1 Å². The lowest BCUT2D eigenvalue weighted by Crippen LogP contribution is -2.08. The molecule has 0 N–H and O–H groups in total. The summed E-state index contributed by atoms with van der Waals surface area (Å²) >= 11 is 0. The second kappa shape index (κ2) is 6.15. The summed E-state index contributed by atoms with van der Waals surface area (Å²) in [6, 6.07) is 5.24. The zero-order chi connectivity index (χ0) is 12.8. The SMILES string of the molecule is COCc1cccc(C(=O)CC(C)=O)c1OC. The molecule has 1 aromatic carbocycles. The number of carbonyl (C=O) groups excluding carboxylic acids is 2. The molecule has 0 amide bonds. The van der Waals surface area contributed by atoms with Crippen LogP contribution in [0.25, 0.3) is 0 Å². The molecular formula is C13H16O4. The van der Waals surface area contributed by atoms with Crippen LogP contribution in [0.3, 0.4) is 0 Å². The van der Waals surface area contributed by atoms with E-state index in [2.05, 4.69) is 0 Å². The van der Waals surface area contributed by atoms with E-state index >= 15 is 0 Å².